The van der Waals surface area contributed by atoms with Gasteiger partial charge in [0, 0.05) is 21.3 Å². The van der Waals surface area contributed by atoms with Gasteiger partial charge in [0.05, 0.1) is 5.60 Å². The molecule has 3 heteroatoms. The Morgan fingerprint density at radius 3 is 2.15 bits per heavy atom. The minimum atomic E-state index is -0.642. The van der Waals surface area contributed by atoms with Gasteiger partial charge in [-0.3, -0.25) is 4.21 Å². The summed E-state index contributed by atoms with van der Waals surface area (Å²) >= 11 is 0. The van der Waals surface area contributed by atoms with E-state index in [2.05, 4.69) is 13.8 Å². The monoisotopic (exact) mass is 202 g/mol. The fourth-order valence-electron chi connectivity index (χ4n) is 2.59. The van der Waals surface area contributed by atoms with Crippen molar-refractivity contribution in [3.05, 3.63) is 0 Å². The number of hydrogen-bond acceptors (Lipinski definition) is 2. The van der Waals surface area contributed by atoms with Crippen LogP contribution in [0.15, 0.2) is 0 Å². The molecule has 2 rings (SSSR count). The average molecular weight is 202 g/mol. The summed E-state index contributed by atoms with van der Waals surface area (Å²) in [5, 5.41) is 10.9. The van der Waals surface area contributed by atoms with Crippen molar-refractivity contribution in [1.82, 2.24) is 0 Å². The second-order valence-electron chi connectivity index (χ2n) is 4.82. The minimum Gasteiger partial charge on any atom is -0.390 e. The van der Waals surface area contributed by atoms with Gasteiger partial charge < -0.3 is 5.11 Å². The third kappa shape index (κ3) is 1.46. The maximum Gasteiger partial charge on any atom is 0.0693 e. The Morgan fingerprint density at radius 1 is 1.31 bits per heavy atom. The first-order valence-corrected chi connectivity index (χ1v) is 6.42. The van der Waals surface area contributed by atoms with Gasteiger partial charge in [-0.25, -0.2) is 0 Å². The fraction of sp³-hybridized carbons (Fsp3) is 1.00. The van der Waals surface area contributed by atoms with E-state index in [1.807, 2.05) is 0 Å². The van der Waals surface area contributed by atoms with Gasteiger partial charge in [0.1, 0.15) is 0 Å². The van der Waals surface area contributed by atoms with Crippen LogP contribution < -0.4 is 0 Å². The van der Waals surface area contributed by atoms with E-state index >= 15 is 0 Å². The molecular formula is C10H18O2S. The second-order valence-corrected chi connectivity index (χ2v) is 6.81. The Morgan fingerprint density at radius 2 is 1.77 bits per heavy atom. The van der Waals surface area contributed by atoms with Gasteiger partial charge >= 0.3 is 0 Å². The summed E-state index contributed by atoms with van der Waals surface area (Å²) in [6.45, 7) is 4.13. The van der Waals surface area contributed by atoms with Crippen LogP contribution in [0.2, 0.25) is 0 Å². The highest BCUT2D eigenvalue weighted by atomic mass is 32.2. The lowest BCUT2D eigenvalue weighted by atomic mass is 9.83. The Hall–Kier alpha value is 0.110. The molecule has 2 atom stereocenters. The van der Waals surface area contributed by atoms with Crippen molar-refractivity contribution in [2.75, 3.05) is 0 Å². The highest BCUT2D eigenvalue weighted by Crippen LogP contribution is 2.43. The molecule has 0 aliphatic carbocycles. The molecule has 2 unspecified atom stereocenters. The molecule has 2 bridgehead atoms. The van der Waals surface area contributed by atoms with Crippen LogP contribution >= 0.6 is 0 Å². The molecule has 0 saturated carbocycles. The summed E-state index contributed by atoms with van der Waals surface area (Å²) in [7, 11) is -0.642. The van der Waals surface area contributed by atoms with E-state index in [1.54, 1.807) is 0 Å². The molecule has 0 aromatic heterocycles. The highest BCUT2D eigenvalue weighted by Gasteiger charge is 2.48. The number of rotatable bonds is 1. The van der Waals surface area contributed by atoms with Gasteiger partial charge in [0.25, 0.3) is 0 Å². The van der Waals surface area contributed by atoms with Crippen molar-refractivity contribution < 1.29 is 9.32 Å². The average Bonchev–Trinajstić information content (AvgIpc) is 2.33. The SMILES string of the molecule is CC(C)C1(O)CC2CCC(C1)S2=O. The summed E-state index contributed by atoms with van der Waals surface area (Å²) < 4.78 is 11.7. The zero-order valence-corrected chi connectivity index (χ0v) is 9.14. The predicted octanol–water partition coefficient (Wildman–Crippen LogP) is 1.45. The molecule has 2 aliphatic heterocycles. The van der Waals surface area contributed by atoms with Crippen LogP contribution in [-0.2, 0) is 10.8 Å². The molecule has 0 spiro atoms. The van der Waals surface area contributed by atoms with Crippen LogP contribution in [0.3, 0.4) is 0 Å². The molecule has 2 heterocycles. The molecule has 0 aromatic carbocycles. The largest absolute Gasteiger partial charge is 0.390 e. The van der Waals surface area contributed by atoms with Gasteiger partial charge in [-0.15, -0.1) is 0 Å². The van der Waals surface area contributed by atoms with Gasteiger partial charge in [0.2, 0.25) is 0 Å². The first-order valence-electron chi connectivity index (χ1n) is 5.15. The minimum absolute atomic E-state index is 0.283. The molecule has 0 aromatic rings. The van der Waals surface area contributed by atoms with E-state index in [-0.39, 0.29) is 10.5 Å². The lowest BCUT2D eigenvalue weighted by molar-refractivity contribution is -0.0206. The van der Waals surface area contributed by atoms with Gasteiger partial charge in [-0.2, -0.15) is 0 Å². The molecule has 2 aliphatic rings. The summed E-state index contributed by atoms with van der Waals surface area (Å²) in [6, 6.07) is 0. The fourth-order valence-corrected chi connectivity index (χ4v) is 4.77. The van der Waals surface area contributed by atoms with Crippen molar-refractivity contribution in [2.45, 2.75) is 55.6 Å². The van der Waals surface area contributed by atoms with E-state index in [9.17, 15) is 9.32 Å². The lowest BCUT2D eigenvalue weighted by Gasteiger charge is -2.38. The van der Waals surface area contributed by atoms with Crippen molar-refractivity contribution in [1.29, 1.82) is 0 Å². The van der Waals surface area contributed by atoms with Crippen LogP contribution in [0.25, 0.3) is 0 Å². The van der Waals surface area contributed by atoms with Crippen LogP contribution in [0.4, 0.5) is 0 Å². The first-order chi connectivity index (χ1) is 6.03. The van der Waals surface area contributed by atoms with E-state index in [0.717, 1.165) is 25.7 Å². The summed E-state index contributed by atoms with van der Waals surface area (Å²) in [6.07, 6.45) is 3.64. The predicted molar refractivity (Wildman–Crippen MR) is 54.0 cm³/mol. The van der Waals surface area contributed by atoms with Crippen LogP contribution in [0.1, 0.15) is 39.5 Å². The third-order valence-corrected chi connectivity index (χ3v) is 5.82. The Labute approximate surface area is 82.2 Å². The smallest absolute Gasteiger partial charge is 0.0693 e. The van der Waals surface area contributed by atoms with Crippen molar-refractivity contribution >= 4 is 10.8 Å². The second kappa shape index (κ2) is 3.06. The Balaban J connectivity index is 2.19. The number of hydrogen-bond donors (Lipinski definition) is 1. The normalized spacial score (nSPS) is 50.0. The molecule has 0 radical (unpaired) electrons. The molecule has 0 amide bonds. The van der Waals surface area contributed by atoms with E-state index in [0.29, 0.717) is 5.92 Å². The maximum atomic E-state index is 11.7. The zero-order valence-electron chi connectivity index (χ0n) is 8.32. The molecule has 2 fully saturated rings. The van der Waals surface area contributed by atoms with Crippen molar-refractivity contribution in [3.8, 4) is 0 Å². The lowest BCUT2D eigenvalue weighted by Crippen LogP contribution is -2.46. The summed E-state index contributed by atoms with van der Waals surface area (Å²) in [5.74, 6) is 0.299. The highest BCUT2D eigenvalue weighted by molar-refractivity contribution is 7.86. The molecule has 2 nitrogen and oxygen atoms in total. The standard InChI is InChI=1S/C10H18O2S/c1-7(2)10(11)5-8-3-4-9(6-10)13(8)12/h7-9,11H,3-6H2,1-2H3. The van der Waals surface area contributed by atoms with Crippen LogP contribution in [0.5, 0.6) is 0 Å². The van der Waals surface area contributed by atoms with Crippen molar-refractivity contribution in [3.63, 3.8) is 0 Å². The molecular weight excluding hydrogens is 184 g/mol. The molecule has 13 heavy (non-hydrogen) atoms. The molecule has 1 N–H and O–H groups in total. The maximum absolute atomic E-state index is 11.7. The van der Waals surface area contributed by atoms with Gasteiger partial charge in [-0.1, -0.05) is 13.8 Å². The van der Waals surface area contributed by atoms with E-state index in [4.69, 9.17) is 0 Å². The van der Waals surface area contributed by atoms with Crippen LogP contribution in [-0.4, -0.2) is 25.4 Å². The summed E-state index contributed by atoms with van der Waals surface area (Å²) in [5.41, 5.74) is -0.528. The van der Waals surface area contributed by atoms with E-state index in [1.165, 1.54) is 0 Å². The molecule has 76 valence electrons. The van der Waals surface area contributed by atoms with Gasteiger partial charge in [-0.05, 0) is 31.6 Å². The first kappa shape index (κ1) is 9.66. The van der Waals surface area contributed by atoms with Gasteiger partial charge in [0.15, 0.2) is 0 Å². The summed E-state index contributed by atoms with van der Waals surface area (Å²) in [4.78, 5) is 0. The van der Waals surface area contributed by atoms with Crippen LogP contribution in [0, 0.1) is 5.92 Å². The zero-order chi connectivity index (χ0) is 9.64. The number of fused-ring (bicyclic) bond motifs is 2. The third-order valence-electron chi connectivity index (χ3n) is 3.70. The number of aliphatic hydroxyl groups is 1. The van der Waals surface area contributed by atoms with E-state index < -0.39 is 16.4 Å². The Bertz CT molecular complexity index is 221. The topological polar surface area (TPSA) is 37.3 Å². The molecule has 2 saturated heterocycles. The quantitative estimate of drug-likeness (QED) is 0.698. The van der Waals surface area contributed by atoms with Crippen molar-refractivity contribution in [2.24, 2.45) is 5.92 Å². The Kier molecular flexibility index (Phi) is 2.27.